The van der Waals surface area contributed by atoms with Crippen molar-refractivity contribution in [3.05, 3.63) is 41.1 Å². The third-order valence-corrected chi connectivity index (χ3v) is 3.92. The summed E-state index contributed by atoms with van der Waals surface area (Å²) in [7, 11) is 3.98. The van der Waals surface area contributed by atoms with E-state index in [0.717, 1.165) is 31.1 Å². The molecule has 0 fully saturated rings. The van der Waals surface area contributed by atoms with Gasteiger partial charge in [-0.15, -0.1) is 0 Å². The van der Waals surface area contributed by atoms with Crippen molar-refractivity contribution in [2.75, 3.05) is 25.1 Å². The lowest BCUT2D eigenvalue weighted by Crippen LogP contribution is -2.28. The van der Waals surface area contributed by atoms with Gasteiger partial charge in [0.1, 0.15) is 18.2 Å². The van der Waals surface area contributed by atoms with Gasteiger partial charge in [0.25, 0.3) is 0 Å². The fourth-order valence-electron chi connectivity index (χ4n) is 2.98. The molecule has 5 heteroatoms. The van der Waals surface area contributed by atoms with Gasteiger partial charge in [-0.2, -0.15) is 5.10 Å². The standard InChI is InChI=1S/C16H22N4O/c1-12-14(10-17-2)16(19(3)18-12)20-8-9-21-15-7-5-4-6-13(15)11-20/h4-7,17H,8-11H2,1-3H3. The van der Waals surface area contributed by atoms with Crippen LogP contribution in [0.15, 0.2) is 24.3 Å². The van der Waals surface area contributed by atoms with E-state index in [4.69, 9.17) is 4.74 Å². The van der Waals surface area contributed by atoms with Gasteiger partial charge in [-0.3, -0.25) is 4.68 Å². The zero-order chi connectivity index (χ0) is 14.8. The summed E-state index contributed by atoms with van der Waals surface area (Å²) in [6.45, 7) is 5.31. The summed E-state index contributed by atoms with van der Waals surface area (Å²) >= 11 is 0. The highest BCUT2D eigenvalue weighted by Crippen LogP contribution is 2.29. The fourth-order valence-corrected chi connectivity index (χ4v) is 2.98. The first-order valence-corrected chi connectivity index (χ1v) is 7.33. The third kappa shape index (κ3) is 2.61. The van der Waals surface area contributed by atoms with Crippen molar-refractivity contribution in [3.63, 3.8) is 0 Å². The molecule has 0 saturated heterocycles. The number of rotatable bonds is 3. The molecule has 0 spiro atoms. The lowest BCUT2D eigenvalue weighted by atomic mass is 10.1. The maximum absolute atomic E-state index is 5.86. The Morgan fingerprint density at radius 3 is 2.95 bits per heavy atom. The van der Waals surface area contributed by atoms with E-state index in [2.05, 4.69) is 34.4 Å². The van der Waals surface area contributed by atoms with Crippen molar-refractivity contribution in [3.8, 4) is 5.75 Å². The SMILES string of the molecule is CNCc1c(C)nn(C)c1N1CCOc2ccccc2C1. The summed E-state index contributed by atoms with van der Waals surface area (Å²) in [5.41, 5.74) is 3.57. The van der Waals surface area contributed by atoms with Gasteiger partial charge < -0.3 is 15.0 Å². The highest BCUT2D eigenvalue weighted by molar-refractivity contribution is 5.52. The summed E-state index contributed by atoms with van der Waals surface area (Å²) in [6, 6.07) is 8.26. The average Bonchev–Trinajstić information content (AvgIpc) is 2.65. The Bertz CT molecular complexity index is 635. The molecule has 2 heterocycles. The van der Waals surface area contributed by atoms with Crippen molar-refractivity contribution in [2.45, 2.75) is 20.0 Å². The number of anilines is 1. The monoisotopic (exact) mass is 286 g/mol. The largest absolute Gasteiger partial charge is 0.491 e. The lowest BCUT2D eigenvalue weighted by molar-refractivity contribution is 0.331. The Kier molecular flexibility index (Phi) is 3.84. The molecule has 0 radical (unpaired) electrons. The number of aryl methyl sites for hydroxylation is 2. The Hall–Kier alpha value is -2.01. The van der Waals surface area contributed by atoms with E-state index in [1.165, 1.54) is 16.9 Å². The number of ether oxygens (including phenoxy) is 1. The van der Waals surface area contributed by atoms with Gasteiger partial charge in [-0.05, 0) is 20.0 Å². The zero-order valence-electron chi connectivity index (χ0n) is 12.9. The molecule has 112 valence electrons. The number of hydrogen-bond acceptors (Lipinski definition) is 4. The van der Waals surface area contributed by atoms with Gasteiger partial charge in [0.2, 0.25) is 0 Å². The molecule has 0 saturated carbocycles. The Morgan fingerprint density at radius 2 is 2.14 bits per heavy atom. The van der Waals surface area contributed by atoms with Crippen molar-refractivity contribution in [1.29, 1.82) is 0 Å². The van der Waals surface area contributed by atoms with E-state index in [1.807, 2.05) is 30.9 Å². The second-order valence-electron chi connectivity index (χ2n) is 5.42. The molecule has 0 bridgehead atoms. The molecule has 2 aromatic rings. The summed E-state index contributed by atoms with van der Waals surface area (Å²) in [6.07, 6.45) is 0. The van der Waals surface area contributed by atoms with Crippen LogP contribution >= 0.6 is 0 Å². The minimum Gasteiger partial charge on any atom is -0.491 e. The molecule has 0 aliphatic carbocycles. The molecule has 0 atom stereocenters. The highest BCUT2D eigenvalue weighted by Gasteiger charge is 2.22. The molecule has 1 N–H and O–H groups in total. The number of hydrogen-bond donors (Lipinski definition) is 1. The molecular formula is C16H22N4O. The van der Waals surface area contributed by atoms with Crippen LogP contribution in [0.4, 0.5) is 5.82 Å². The van der Waals surface area contributed by atoms with Crippen LogP contribution in [-0.2, 0) is 20.1 Å². The maximum atomic E-state index is 5.86. The number of nitrogens with zero attached hydrogens (tertiary/aromatic N) is 3. The number of aromatic nitrogens is 2. The smallest absolute Gasteiger partial charge is 0.131 e. The van der Waals surface area contributed by atoms with E-state index in [9.17, 15) is 0 Å². The second-order valence-corrected chi connectivity index (χ2v) is 5.42. The normalized spacial score (nSPS) is 14.5. The molecule has 1 aliphatic rings. The number of fused-ring (bicyclic) bond motifs is 1. The molecule has 21 heavy (non-hydrogen) atoms. The maximum Gasteiger partial charge on any atom is 0.131 e. The summed E-state index contributed by atoms with van der Waals surface area (Å²) in [4.78, 5) is 2.36. The highest BCUT2D eigenvalue weighted by atomic mass is 16.5. The zero-order valence-corrected chi connectivity index (χ0v) is 12.9. The van der Waals surface area contributed by atoms with Gasteiger partial charge in [0, 0.05) is 31.3 Å². The molecule has 1 aromatic carbocycles. The average molecular weight is 286 g/mol. The van der Waals surface area contributed by atoms with E-state index in [-0.39, 0.29) is 0 Å². The minimum absolute atomic E-state index is 0.695. The summed E-state index contributed by atoms with van der Waals surface area (Å²) < 4.78 is 7.84. The van der Waals surface area contributed by atoms with Crippen molar-refractivity contribution < 1.29 is 4.74 Å². The van der Waals surface area contributed by atoms with E-state index < -0.39 is 0 Å². The van der Waals surface area contributed by atoms with Crippen molar-refractivity contribution >= 4 is 5.82 Å². The summed E-state index contributed by atoms with van der Waals surface area (Å²) in [5, 5.41) is 7.83. The van der Waals surface area contributed by atoms with Gasteiger partial charge >= 0.3 is 0 Å². The predicted molar refractivity (Wildman–Crippen MR) is 83.7 cm³/mol. The van der Waals surface area contributed by atoms with E-state index in [1.54, 1.807) is 0 Å². The third-order valence-electron chi connectivity index (χ3n) is 3.92. The molecule has 5 nitrogen and oxygen atoms in total. The first kappa shape index (κ1) is 13.9. The topological polar surface area (TPSA) is 42.3 Å². The van der Waals surface area contributed by atoms with Gasteiger partial charge in [-0.1, -0.05) is 18.2 Å². The number of benzene rings is 1. The van der Waals surface area contributed by atoms with Gasteiger partial charge in [0.05, 0.1) is 12.2 Å². The molecule has 0 unspecified atom stereocenters. The lowest BCUT2D eigenvalue weighted by Gasteiger charge is -2.23. The Morgan fingerprint density at radius 1 is 1.33 bits per heavy atom. The van der Waals surface area contributed by atoms with Crippen LogP contribution in [0.1, 0.15) is 16.8 Å². The summed E-state index contributed by atoms with van der Waals surface area (Å²) in [5.74, 6) is 2.18. The van der Waals surface area contributed by atoms with Crippen LogP contribution in [0.2, 0.25) is 0 Å². The van der Waals surface area contributed by atoms with Crippen LogP contribution in [0.3, 0.4) is 0 Å². The number of nitrogens with one attached hydrogen (secondary N) is 1. The van der Waals surface area contributed by atoms with Crippen LogP contribution in [0.25, 0.3) is 0 Å². The van der Waals surface area contributed by atoms with Crippen molar-refractivity contribution in [1.82, 2.24) is 15.1 Å². The van der Waals surface area contributed by atoms with Crippen LogP contribution in [-0.4, -0.2) is 30.0 Å². The van der Waals surface area contributed by atoms with Crippen LogP contribution in [0, 0.1) is 6.92 Å². The number of para-hydroxylation sites is 1. The predicted octanol–water partition coefficient (Wildman–Crippen LogP) is 1.85. The molecule has 3 rings (SSSR count). The fraction of sp³-hybridized carbons (Fsp3) is 0.438. The Balaban J connectivity index is 1.98. The Labute approximate surface area is 125 Å². The first-order chi connectivity index (χ1) is 10.2. The molecular weight excluding hydrogens is 264 g/mol. The van der Waals surface area contributed by atoms with Crippen molar-refractivity contribution in [2.24, 2.45) is 7.05 Å². The van der Waals surface area contributed by atoms with Gasteiger partial charge in [0.15, 0.2) is 0 Å². The molecule has 0 amide bonds. The van der Waals surface area contributed by atoms with E-state index >= 15 is 0 Å². The second kappa shape index (κ2) is 5.77. The first-order valence-electron chi connectivity index (χ1n) is 7.33. The van der Waals surface area contributed by atoms with Gasteiger partial charge in [-0.25, -0.2) is 0 Å². The van der Waals surface area contributed by atoms with Crippen LogP contribution in [0.5, 0.6) is 5.75 Å². The molecule has 1 aromatic heterocycles. The van der Waals surface area contributed by atoms with Crippen LogP contribution < -0.4 is 15.0 Å². The van der Waals surface area contributed by atoms with E-state index in [0.29, 0.717) is 6.61 Å². The quantitative estimate of drug-likeness (QED) is 0.935. The minimum atomic E-state index is 0.695. The molecule has 1 aliphatic heterocycles.